The van der Waals surface area contributed by atoms with E-state index in [-0.39, 0.29) is 0 Å². The molecule has 0 aliphatic rings. The first-order valence-corrected chi connectivity index (χ1v) is 13.6. The fourth-order valence-corrected chi connectivity index (χ4v) is 4.85. The van der Waals surface area contributed by atoms with Gasteiger partial charge < -0.3 is 0 Å². The van der Waals surface area contributed by atoms with Crippen molar-refractivity contribution < 1.29 is 0 Å². The first-order valence-electron chi connectivity index (χ1n) is 13.6. The van der Waals surface area contributed by atoms with E-state index in [1.165, 1.54) is 56.2 Å². The van der Waals surface area contributed by atoms with E-state index >= 15 is 0 Å². The Balaban J connectivity index is 0.000000279. The van der Waals surface area contributed by atoms with Gasteiger partial charge in [0.25, 0.3) is 0 Å². The Morgan fingerprint density at radius 2 is 0.730 bits per heavy atom. The Bertz CT molecular complexity index is 1160. The van der Waals surface area contributed by atoms with Crippen LogP contribution in [0, 0.1) is 69.2 Å². The second kappa shape index (κ2) is 13.7. The maximum absolute atomic E-state index is 4.56. The van der Waals surface area contributed by atoms with Crippen molar-refractivity contribution in [3.05, 3.63) is 73.6 Å². The topological polar surface area (TPSA) is 64.5 Å². The second-order valence-corrected chi connectivity index (χ2v) is 11.1. The van der Waals surface area contributed by atoms with Gasteiger partial charge >= 0.3 is 0 Å². The van der Waals surface area contributed by atoms with E-state index in [0.29, 0.717) is 17.8 Å². The van der Waals surface area contributed by atoms with Gasteiger partial charge in [-0.1, -0.05) is 41.5 Å². The smallest absolute Gasteiger partial charge is 0.135 e. The van der Waals surface area contributed by atoms with Gasteiger partial charge in [-0.2, -0.15) is 0 Å². The van der Waals surface area contributed by atoms with Crippen LogP contribution in [-0.4, -0.2) is 24.9 Å². The fraction of sp³-hybridized carbons (Fsp3) is 0.594. The van der Waals surface area contributed by atoms with E-state index in [9.17, 15) is 0 Å². The Morgan fingerprint density at radius 3 is 1.11 bits per heavy atom. The van der Waals surface area contributed by atoms with Crippen molar-refractivity contribution in [2.75, 3.05) is 0 Å². The summed E-state index contributed by atoms with van der Waals surface area (Å²) in [7, 11) is 0. The van der Waals surface area contributed by atoms with Crippen LogP contribution in [0.25, 0.3) is 0 Å². The average Bonchev–Trinajstić information content (AvgIpc) is 2.76. The highest BCUT2D eigenvalue weighted by molar-refractivity contribution is 5.41. The van der Waals surface area contributed by atoms with Gasteiger partial charge in [0, 0.05) is 28.7 Å². The van der Waals surface area contributed by atoms with E-state index < -0.39 is 0 Å². The molecule has 0 unspecified atom stereocenters. The van der Waals surface area contributed by atoms with Gasteiger partial charge in [-0.25, -0.2) is 15.0 Å². The number of hydrogen-bond acceptors (Lipinski definition) is 5. The van der Waals surface area contributed by atoms with Crippen LogP contribution in [0.2, 0.25) is 0 Å². The summed E-state index contributed by atoms with van der Waals surface area (Å²) < 4.78 is 0. The molecule has 0 atom stereocenters. The third-order valence-electron chi connectivity index (χ3n) is 7.01. The maximum atomic E-state index is 4.56. The molecule has 3 aromatic heterocycles. The van der Waals surface area contributed by atoms with E-state index in [1.54, 1.807) is 0 Å². The minimum absolute atomic E-state index is 0.385. The van der Waals surface area contributed by atoms with Crippen LogP contribution in [0.3, 0.4) is 0 Å². The summed E-state index contributed by atoms with van der Waals surface area (Å²) in [6.07, 6.45) is 0. The van der Waals surface area contributed by atoms with Gasteiger partial charge in [-0.15, -0.1) is 0 Å². The van der Waals surface area contributed by atoms with Crippen LogP contribution in [0.15, 0.2) is 0 Å². The molecule has 5 heteroatoms. The van der Waals surface area contributed by atoms with E-state index in [1.807, 2.05) is 13.8 Å². The molecule has 0 aliphatic carbocycles. The maximum Gasteiger partial charge on any atom is 0.135 e. The fourth-order valence-electron chi connectivity index (χ4n) is 4.85. The lowest BCUT2D eigenvalue weighted by atomic mass is 9.92. The molecular formula is C32H51N5. The van der Waals surface area contributed by atoms with Crippen LogP contribution in [-0.2, 0) is 0 Å². The molecule has 0 bridgehead atoms. The van der Waals surface area contributed by atoms with Gasteiger partial charge in [0.05, 0.1) is 0 Å². The van der Waals surface area contributed by atoms with Crippen LogP contribution in [0.1, 0.15) is 133 Å². The van der Waals surface area contributed by atoms with Crippen molar-refractivity contribution in [3.8, 4) is 0 Å². The van der Waals surface area contributed by atoms with Crippen molar-refractivity contribution in [2.24, 2.45) is 0 Å². The molecule has 0 amide bonds. The summed E-state index contributed by atoms with van der Waals surface area (Å²) >= 11 is 0. The minimum Gasteiger partial charge on any atom is -0.258 e. The van der Waals surface area contributed by atoms with Crippen molar-refractivity contribution >= 4 is 0 Å². The molecule has 0 saturated carbocycles. The molecule has 3 heterocycles. The quantitative estimate of drug-likeness (QED) is 0.357. The summed E-state index contributed by atoms with van der Waals surface area (Å²) in [5, 5.41) is 0. The van der Waals surface area contributed by atoms with Crippen molar-refractivity contribution in [1.29, 1.82) is 0 Å². The first kappa shape index (κ1) is 32.3. The molecule has 0 saturated heterocycles. The average molecular weight is 506 g/mol. The second-order valence-electron chi connectivity index (χ2n) is 11.1. The van der Waals surface area contributed by atoms with Gasteiger partial charge in [-0.05, 0) is 114 Å². The predicted octanol–water partition coefficient (Wildman–Crippen LogP) is 8.49. The number of nitrogens with zero attached hydrogens (tertiary/aromatic N) is 5. The van der Waals surface area contributed by atoms with Crippen LogP contribution in [0.5, 0.6) is 0 Å². The molecule has 3 aromatic rings. The van der Waals surface area contributed by atoms with Gasteiger partial charge in [0.1, 0.15) is 17.5 Å². The molecule has 204 valence electrons. The van der Waals surface area contributed by atoms with Crippen LogP contribution < -0.4 is 0 Å². The Morgan fingerprint density at radius 1 is 0.351 bits per heavy atom. The highest BCUT2D eigenvalue weighted by Crippen LogP contribution is 2.26. The molecule has 37 heavy (non-hydrogen) atoms. The number of hydrogen-bond donors (Lipinski definition) is 0. The Labute approximate surface area is 227 Å². The number of aromatic nitrogens is 5. The zero-order valence-corrected chi connectivity index (χ0v) is 26.5. The van der Waals surface area contributed by atoms with Gasteiger partial charge in [0.15, 0.2) is 0 Å². The molecule has 3 rings (SSSR count). The van der Waals surface area contributed by atoms with Gasteiger partial charge in [0.2, 0.25) is 0 Å². The Kier molecular flexibility index (Phi) is 12.0. The summed E-state index contributed by atoms with van der Waals surface area (Å²) in [6.45, 7) is 33.9. The lowest BCUT2D eigenvalue weighted by molar-refractivity contribution is 0.732. The molecular weight excluding hydrogens is 454 g/mol. The largest absolute Gasteiger partial charge is 0.258 e. The molecule has 0 spiro atoms. The molecule has 0 N–H and O–H groups in total. The summed E-state index contributed by atoms with van der Waals surface area (Å²) in [5.41, 5.74) is 13.1. The van der Waals surface area contributed by atoms with E-state index in [2.05, 4.69) is 122 Å². The minimum atomic E-state index is 0.385. The normalized spacial score (nSPS) is 10.9. The van der Waals surface area contributed by atoms with Crippen molar-refractivity contribution in [1.82, 2.24) is 24.9 Å². The third-order valence-corrected chi connectivity index (χ3v) is 7.01. The molecule has 0 aromatic carbocycles. The molecule has 0 aliphatic heterocycles. The number of aryl methyl sites for hydroxylation is 6. The number of pyridine rings is 2. The SMILES string of the molecule is Cc1nc(C)c(C(C)C)c(C)c1C.Cc1nc(C)c(C)c(C(C)C)c1C.Cc1nc(C)nc(C(C)C)n1. The standard InChI is InChI=1S/2C12H19N.C8H13N3/c1-7(2)12-8(3)10(5)13-11(6)9(12)4;1-7(2)12-9(4)8(3)10(5)13-11(12)6;1-5(2)8-10-6(3)9-7(4)11-8/h2*7H,1-6H3;5H,1-4H3. The van der Waals surface area contributed by atoms with Crippen LogP contribution in [0.4, 0.5) is 0 Å². The highest BCUT2D eigenvalue weighted by Gasteiger charge is 2.13. The number of rotatable bonds is 3. The van der Waals surface area contributed by atoms with E-state index in [4.69, 9.17) is 0 Å². The van der Waals surface area contributed by atoms with E-state index in [0.717, 1.165) is 17.5 Å². The summed E-state index contributed by atoms with van der Waals surface area (Å²) in [6, 6.07) is 0. The van der Waals surface area contributed by atoms with Crippen molar-refractivity contribution in [2.45, 2.75) is 129 Å². The first-order chi connectivity index (χ1) is 17.0. The van der Waals surface area contributed by atoms with Crippen molar-refractivity contribution in [3.63, 3.8) is 0 Å². The zero-order valence-electron chi connectivity index (χ0n) is 26.5. The summed E-state index contributed by atoms with van der Waals surface area (Å²) in [4.78, 5) is 21.6. The third kappa shape index (κ3) is 8.69. The molecule has 5 nitrogen and oxygen atoms in total. The molecule has 0 radical (unpaired) electrons. The lowest BCUT2D eigenvalue weighted by Crippen LogP contribution is -2.03. The Hall–Kier alpha value is -2.69. The highest BCUT2D eigenvalue weighted by atomic mass is 15.0. The predicted molar refractivity (Wildman–Crippen MR) is 158 cm³/mol. The van der Waals surface area contributed by atoms with Crippen LogP contribution >= 0.6 is 0 Å². The lowest BCUT2D eigenvalue weighted by Gasteiger charge is -2.16. The van der Waals surface area contributed by atoms with Gasteiger partial charge in [-0.3, -0.25) is 9.97 Å². The zero-order chi connectivity index (χ0) is 28.8. The molecule has 0 fully saturated rings. The summed E-state index contributed by atoms with van der Waals surface area (Å²) in [5.74, 6) is 4.06. The monoisotopic (exact) mass is 505 g/mol.